The van der Waals surface area contributed by atoms with E-state index < -0.39 is 23.5 Å². The van der Waals surface area contributed by atoms with Gasteiger partial charge in [-0.2, -0.15) is 0 Å². The Morgan fingerprint density at radius 3 is 1.56 bits per heavy atom. The van der Waals surface area contributed by atoms with Crippen LogP contribution in [0.25, 0.3) is 0 Å². The Bertz CT molecular complexity index is 392. The minimum Gasteiger partial charge on any atom is -0.481 e. The third-order valence-electron chi connectivity index (χ3n) is 5.21. The number of carbonyl (C=O) groups is 2. The molecule has 0 spiro atoms. The van der Waals surface area contributed by atoms with E-state index in [1.165, 1.54) is 32.1 Å². The molecule has 0 fully saturated rings. The Labute approximate surface area is 165 Å². The van der Waals surface area contributed by atoms with E-state index >= 15 is 0 Å². The molecule has 0 saturated carbocycles. The van der Waals surface area contributed by atoms with Crippen LogP contribution in [-0.4, -0.2) is 32.9 Å². The van der Waals surface area contributed by atoms with Crippen LogP contribution in [-0.2, 0) is 9.59 Å². The van der Waals surface area contributed by atoms with Crippen LogP contribution in [0.4, 0.5) is 0 Å². The van der Waals surface area contributed by atoms with Crippen LogP contribution in [0, 0.1) is 5.92 Å². The highest BCUT2D eigenvalue weighted by Crippen LogP contribution is 2.25. The SMILES string of the molecule is CCCCCCCCCCCC(=O)C(C(=O)O)C(O)(O)CCCCCCC. The van der Waals surface area contributed by atoms with Crippen molar-refractivity contribution in [1.29, 1.82) is 0 Å². The van der Waals surface area contributed by atoms with Gasteiger partial charge in [-0.15, -0.1) is 0 Å². The van der Waals surface area contributed by atoms with Crippen LogP contribution < -0.4 is 0 Å². The van der Waals surface area contributed by atoms with Gasteiger partial charge >= 0.3 is 5.97 Å². The third kappa shape index (κ3) is 13.0. The molecule has 0 amide bonds. The fourth-order valence-corrected chi connectivity index (χ4v) is 3.48. The summed E-state index contributed by atoms with van der Waals surface area (Å²) in [5.41, 5.74) is 0. The van der Waals surface area contributed by atoms with E-state index in [1.807, 2.05) is 0 Å². The number of hydrogen-bond donors (Lipinski definition) is 3. The Morgan fingerprint density at radius 2 is 1.11 bits per heavy atom. The lowest BCUT2D eigenvalue weighted by Gasteiger charge is -2.27. The molecule has 0 aromatic rings. The third-order valence-corrected chi connectivity index (χ3v) is 5.21. The zero-order valence-corrected chi connectivity index (χ0v) is 17.5. The molecule has 0 rings (SSSR count). The predicted molar refractivity (Wildman–Crippen MR) is 109 cm³/mol. The Kier molecular flexibility index (Phi) is 15.5. The second-order valence-electron chi connectivity index (χ2n) is 7.86. The van der Waals surface area contributed by atoms with Crippen molar-refractivity contribution in [3.63, 3.8) is 0 Å². The van der Waals surface area contributed by atoms with Crippen LogP contribution in [0.2, 0.25) is 0 Å². The van der Waals surface area contributed by atoms with Gasteiger partial charge in [0.25, 0.3) is 0 Å². The summed E-state index contributed by atoms with van der Waals surface area (Å²) in [6.07, 6.45) is 14.4. The maximum atomic E-state index is 12.3. The number of aliphatic hydroxyl groups is 2. The van der Waals surface area contributed by atoms with Gasteiger partial charge in [-0.1, -0.05) is 90.9 Å². The molecule has 0 saturated heterocycles. The summed E-state index contributed by atoms with van der Waals surface area (Å²) in [5.74, 6) is -6.19. The number of carboxylic acid groups (broad SMARTS) is 1. The second kappa shape index (κ2) is 16.1. The molecule has 5 nitrogen and oxygen atoms in total. The van der Waals surface area contributed by atoms with Gasteiger partial charge in [-0.3, -0.25) is 9.59 Å². The van der Waals surface area contributed by atoms with Crippen molar-refractivity contribution in [3.05, 3.63) is 0 Å². The van der Waals surface area contributed by atoms with E-state index in [0.717, 1.165) is 44.9 Å². The summed E-state index contributed by atoms with van der Waals surface area (Å²) in [5, 5.41) is 29.7. The van der Waals surface area contributed by atoms with E-state index in [1.54, 1.807) is 0 Å². The molecule has 0 radical (unpaired) electrons. The molecule has 0 aromatic carbocycles. The highest BCUT2D eigenvalue weighted by atomic mass is 16.5. The van der Waals surface area contributed by atoms with E-state index in [-0.39, 0.29) is 12.8 Å². The summed E-state index contributed by atoms with van der Waals surface area (Å²) in [6.45, 7) is 4.29. The number of Topliss-reactive ketones (excluding diaryl/α,β-unsaturated/α-hetero) is 1. The van der Waals surface area contributed by atoms with Crippen molar-refractivity contribution in [2.45, 2.75) is 122 Å². The highest BCUT2D eigenvalue weighted by molar-refractivity contribution is 5.99. The maximum Gasteiger partial charge on any atom is 0.319 e. The average Bonchev–Trinajstić information content (AvgIpc) is 2.59. The first kappa shape index (κ1) is 26.1. The zero-order chi connectivity index (χ0) is 20.5. The van der Waals surface area contributed by atoms with E-state index in [4.69, 9.17) is 0 Å². The molecule has 1 atom stereocenters. The van der Waals surface area contributed by atoms with Gasteiger partial charge in [0.1, 0.15) is 0 Å². The van der Waals surface area contributed by atoms with E-state index in [9.17, 15) is 24.9 Å². The Morgan fingerprint density at radius 1 is 0.704 bits per heavy atom. The highest BCUT2D eigenvalue weighted by Gasteiger charge is 2.44. The average molecular weight is 387 g/mol. The lowest BCUT2D eigenvalue weighted by atomic mass is 9.87. The van der Waals surface area contributed by atoms with Crippen molar-refractivity contribution in [1.82, 2.24) is 0 Å². The summed E-state index contributed by atoms with van der Waals surface area (Å²) in [6, 6.07) is 0. The molecule has 1 unspecified atom stereocenters. The van der Waals surface area contributed by atoms with Gasteiger partial charge in [0.15, 0.2) is 17.5 Å². The van der Waals surface area contributed by atoms with Gasteiger partial charge < -0.3 is 15.3 Å². The van der Waals surface area contributed by atoms with Gasteiger partial charge in [0.2, 0.25) is 0 Å². The monoisotopic (exact) mass is 386 g/mol. The topological polar surface area (TPSA) is 94.8 Å². The second-order valence-corrected chi connectivity index (χ2v) is 7.86. The van der Waals surface area contributed by atoms with Gasteiger partial charge in [-0.25, -0.2) is 0 Å². The van der Waals surface area contributed by atoms with Crippen LogP contribution in [0.3, 0.4) is 0 Å². The summed E-state index contributed by atoms with van der Waals surface area (Å²) in [4.78, 5) is 23.7. The summed E-state index contributed by atoms with van der Waals surface area (Å²) < 4.78 is 0. The van der Waals surface area contributed by atoms with Gasteiger partial charge in [0, 0.05) is 12.8 Å². The first-order valence-electron chi connectivity index (χ1n) is 11.1. The standard InChI is InChI=1S/C22H42O5/c1-3-5-7-9-10-11-12-13-15-17-19(23)20(21(24)25)22(26,27)18-16-14-8-6-4-2/h20,26-27H,3-18H2,1-2H3,(H,24,25). The van der Waals surface area contributed by atoms with Gasteiger partial charge in [0.05, 0.1) is 0 Å². The number of carboxylic acids is 1. The van der Waals surface area contributed by atoms with Crippen molar-refractivity contribution >= 4 is 11.8 Å². The van der Waals surface area contributed by atoms with Gasteiger partial charge in [-0.05, 0) is 12.8 Å². The van der Waals surface area contributed by atoms with E-state index in [0.29, 0.717) is 12.8 Å². The molecule has 0 bridgehead atoms. The minimum atomic E-state index is -2.45. The number of carbonyl (C=O) groups excluding carboxylic acids is 1. The first-order valence-corrected chi connectivity index (χ1v) is 11.1. The van der Waals surface area contributed by atoms with Crippen LogP contribution in [0.15, 0.2) is 0 Å². The maximum absolute atomic E-state index is 12.3. The smallest absolute Gasteiger partial charge is 0.319 e. The van der Waals surface area contributed by atoms with E-state index in [2.05, 4.69) is 13.8 Å². The van der Waals surface area contributed by atoms with Crippen LogP contribution in [0.1, 0.15) is 117 Å². The molecular weight excluding hydrogens is 344 g/mol. The fourth-order valence-electron chi connectivity index (χ4n) is 3.48. The fraction of sp³-hybridized carbons (Fsp3) is 0.909. The number of unbranched alkanes of at least 4 members (excludes halogenated alkanes) is 12. The lowest BCUT2D eigenvalue weighted by Crippen LogP contribution is -2.46. The molecule has 5 heteroatoms. The van der Waals surface area contributed by atoms with Crippen LogP contribution >= 0.6 is 0 Å². The normalized spacial score (nSPS) is 12.9. The van der Waals surface area contributed by atoms with Crippen molar-refractivity contribution < 1.29 is 24.9 Å². The zero-order valence-electron chi connectivity index (χ0n) is 17.5. The first-order chi connectivity index (χ1) is 12.9. The van der Waals surface area contributed by atoms with Crippen LogP contribution in [0.5, 0.6) is 0 Å². The summed E-state index contributed by atoms with van der Waals surface area (Å²) >= 11 is 0. The largest absolute Gasteiger partial charge is 0.481 e. The Balaban J connectivity index is 4.13. The molecular formula is C22H42O5. The van der Waals surface area contributed by atoms with Crippen molar-refractivity contribution in [3.8, 4) is 0 Å². The molecule has 0 heterocycles. The minimum absolute atomic E-state index is 0.0722. The number of hydrogen-bond acceptors (Lipinski definition) is 4. The Hall–Kier alpha value is -0.940. The lowest BCUT2D eigenvalue weighted by molar-refractivity contribution is -0.212. The molecule has 27 heavy (non-hydrogen) atoms. The number of rotatable bonds is 19. The number of ketones is 1. The quantitative estimate of drug-likeness (QED) is 0.161. The molecule has 0 aromatic heterocycles. The molecule has 3 N–H and O–H groups in total. The molecule has 0 aliphatic carbocycles. The molecule has 160 valence electrons. The summed E-state index contributed by atoms with van der Waals surface area (Å²) in [7, 11) is 0. The molecule has 0 aliphatic rings. The molecule has 0 aliphatic heterocycles. The predicted octanol–water partition coefficient (Wildman–Crippen LogP) is 5.22. The number of aliphatic carboxylic acids is 1. The van der Waals surface area contributed by atoms with Crippen molar-refractivity contribution in [2.75, 3.05) is 0 Å². The van der Waals surface area contributed by atoms with Crippen molar-refractivity contribution in [2.24, 2.45) is 5.92 Å².